The van der Waals surface area contributed by atoms with Crippen LogP contribution in [0.3, 0.4) is 0 Å². The molecule has 0 aromatic heterocycles. The number of thiocarbonyl (C=S) groups is 1. The third-order valence-electron chi connectivity index (χ3n) is 4.23. The molecule has 0 amide bonds. The van der Waals surface area contributed by atoms with Crippen LogP contribution in [0.5, 0.6) is 0 Å². The van der Waals surface area contributed by atoms with Gasteiger partial charge in [0, 0.05) is 18.5 Å². The number of rotatable bonds is 9. The molecule has 186 valence electrons. The minimum atomic E-state index is -4.20. The summed E-state index contributed by atoms with van der Waals surface area (Å²) in [5.41, 5.74) is 2.72. The van der Waals surface area contributed by atoms with Crippen LogP contribution in [0.2, 0.25) is 0 Å². The second-order valence-corrected chi connectivity index (χ2v) is 8.53. The molecule has 6 heteroatoms. The first-order valence-corrected chi connectivity index (χ1v) is 12.6. The van der Waals surface area contributed by atoms with Gasteiger partial charge in [-0.05, 0) is 36.1 Å². The molecule has 0 radical (unpaired) electrons. The molecule has 0 aliphatic heterocycles. The molecule has 0 saturated carbocycles. The number of alkyl halides is 3. The van der Waals surface area contributed by atoms with E-state index in [4.69, 9.17) is 12.2 Å². The molecule has 33 heavy (non-hydrogen) atoms. The summed E-state index contributed by atoms with van der Waals surface area (Å²) in [6, 6.07) is 0. The van der Waals surface area contributed by atoms with Crippen molar-refractivity contribution in [3.05, 3.63) is 83.4 Å². The van der Waals surface area contributed by atoms with Crippen molar-refractivity contribution in [2.45, 2.75) is 66.5 Å². The van der Waals surface area contributed by atoms with Crippen LogP contribution in [0.25, 0.3) is 0 Å². The lowest BCUT2D eigenvalue weighted by Crippen LogP contribution is -2.21. The van der Waals surface area contributed by atoms with E-state index < -0.39 is 12.6 Å². The summed E-state index contributed by atoms with van der Waals surface area (Å²) in [4.78, 5) is 2.91. The van der Waals surface area contributed by atoms with Crippen LogP contribution in [0.15, 0.2) is 83.4 Å². The predicted molar refractivity (Wildman–Crippen MR) is 148 cm³/mol. The van der Waals surface area contributed by atoms with Crippen LogP contribution >= 0.6 is 24.0 Å². The van der Waals surface area contributed by atoms with Gasteiger partial charge in [0.15, 0.2) is 0 Å². The maximum atomic E-state index is 12.4. The van der Waals surface area contributed by atoms with E-state index in [-0.39, 0.29) is 0 Å². The largest absolute Gasteiger partial charge is 0.392 e. The van der Waals surface area contributed by atoms with Crippen LogP contribution in [-0.2, 0) is 0 Å². The number of nitrogens with zero attached hydrogens (tertiary/aromatic N) is 1. The van der Waals surface area contributed by atoms with Crippen molar-refractivity contribution in [1.29, 1.82) is 0 Å². The zero-order valence-corrected chi connectivity index (χ0v) is 22.6. The maximum Gasteiger partial charge on any atom is 0.392 e. The Kier molecular flexibility index (Phi) is 19.9. The Morgan fingerprint density at radius 1 is 1.15 bits per heavy atom. The van der Waals surface area contributed by atoms with E-state index in [0.29, 0.717) is 6.42 Å². The third-order valence-corrected chi connectivity index (χ3v) is 5.80. The molecule has 0 unspecified atom stereocenters. The van der Waals surface area contributed by atoms with E-state index in [2.05, 4.69) is 27.0 Å². The van der Waals surface area contributed by atoms with Crippen LogP contribution in [-0.4, -0.2) is 29.0 Å². The molecule has 0 N–H and O–H groups in total. The summed E-state index contributed by atoms with van der Waals surface area (Å²) in [6.45, 7) is 18.7. The second-order valence-electron chi connectivity index (χ2n) is 6.82. The minimum absolute atomic E-state index is 0.629. The molecule has 0 aromatic carbocycles. The van der Waals surface area contributed by atoms with Crippen molar-refractivity contribution in [3.8, 4) is 0 Å². The highest BCUT2D eigenvalue weighted by atomic mass is 32.2. The van der Waals surface area contributed by atoms with Crippen molar-refractivity contribution in [2.24, 2.45) is 0 Å². The first-order valence-electron chi connectivity index (χ1n) is 11.3. The maximum absolute atomic E-state index is 12.4. The normalized spacial score (nSPS) is 13.8. The Balaban J connectivity index is 0. The van der Waals surface area contributed by atoms with E-state index in [1.54, 1.807) is 18.2 Å². The lowest BCUT2D eigenvalue weighted by molar-refractivity contribution is -0.125. The quantitative estimate of drug-likeness (QED) is 0.230. The minimum Gasteiger partial charge on any atom is -0.361 e. The van der Waals surface area contributed by atoms with Gasteiger partial charge in [0.25, 0.3) is 0 Å². The Labute approximate surface area is 209 Å². The van der Waals surface area contributed by atoms with Gasteiger partial charge in [-0.25, -0.2) is 0 Å². The lowest BCUT2D eigenvalue weighted by Gasteiger charge is -2.17. The molecule has 0 bridgehead atoms. The van der Waals surface area contributed by atoms with Crippen molar-refractivity contribution in [1.82, 2.24) is 4.90 Å². The van der Waals surface area contributed by atoms with Gasteiger partial charge in [-0.3, -0.25) is 0 Å². The van der Waals surface area contributed by atoms with Crippen molar-refractivity contribution in [3.63, 3.8) is 0 Å². The molecular formula is C27H40F3NS2. The van der Waals surface area contributed by atoms with E-state index in [1.165, 1.54) is 30.7 Å². The van der Waals surface area contributed by atoms with Gasteiger partial charge < -0.3 is 4.90 Å². The van der Waals surface area contributed by atoms with Crippen molar-refractivity contribution < 1.29 is 13.2 Å². The zero-order valence-electron chi connectivity index (χ0n) is 21.0. The molecule has 1 aliphatic carbocycles. The summed E-state index contributed by atoms with van der Waals surface area (Å²) in [6.07, 6.45) is 11.7. The fourth-order valence-electron chi connectivity index (χ4n) is 2.18. The van der Waals surface area contributed by atoms with E-state index >= 15 is 0 Å². The molecular weight excluding hydrogens is 459 g/mol. The SMILES string of the molecule is C=C/C=C(\C=C/CC(F)(F)F)C1=CC=C(/C=C(\C=C)SC(=S)N(C)CC)C1.CC.CCCC. The highest BCUT2D eigenvalue weighted by molar-refractivity contribution is 8.25. The summed E-state index contributed by atoms with van der Waals surface area (Å²) < 4.78 is 37.8. The average Bonchev–Trinajstić information content (AvgIpc) is 3.26. The molecule has 0 spiro atoms. The number of allylic oxidation sites excluding steroid dienone is 11. The molecule has 0 fully saturated rings. The van der Waals surface area contributed by atoms with Gasteiger partial charge >= 0.3 is 6.18 Å². The fourth-order valence-corrected chi connectivity index (χ4v) is 3.38. The number of hydrogen-bond donors (Lipinski definition) is 0. The number of thioether (sulfide) groups is 1. The van der Waals surface area contributed by atoms with Gasteiger partial charge in [-0.2, -0.15) is 13.2 Å². The predicted octanol–water partition coefficient (Wildman–Crippen LogP) is 9.74. The van der Waals surface area contributed by atoms with Crippen molar-refractivity contribution in [2.75, 3.05) is 13.6 Å². The third kappa shape index (κ3) is 16.5. The van der Waals surface area contributed by atoms with E-state index in [0.717, 1.165) is 38.6 Å². The monoisotopic (exact) mass is 499 g/mol. The van der Waals surface area contributed by atoms with Crippen LogP contribution in [0, 0.1) is 0 Å². The zero-order chi connectivity index (χ0) is 25.9. The van der Waals surface area contributed by atoms with Crippen LogP contribution in [0.1, 0.15) is 60.3 Å². The average molecular weight is 500 g/mol. The topological polar surface area (TPSA) is 3.24 Å². The second kappa shape index (κ2) is 19.7. The van der Waals surface area contributed by atoms with Crippen LogP contribution < -0.4 is 0 Å². The molecule has 0 aromatic rings. The summed E-state index contributed by atoms with van der Waals surface area (Å²) in [5, 5.41) is 0. The van der Waals surface area contributed by atoms with Gasteiger partial charge in [0.05, 0.1) is 6.42 Å². The first-order chi connectivity index (χ1) is 15.6. The molecule has 1 aliphatic rings. The summed E-state index contributed by atoms with van der Waals surface area (Å²) >= 11 is 6.85. The van der Waals surface area contributed by atoms with Gasteiger partial charge in [0.2, 0.25) is 0 Å². The van der Waals surface area contributed by atoms with Crippen LogP contribution in [0.4, 0.5) is 13.2 Å². The van der Waals surface area contributed by atoms with E-state index in [9.17, 15) is 13.2 Å². The van der Waals surface area contributed by atoms with Gasteiger partial charge in [-0.1, -0.05) is 120 Å². The first kappa shape index (κ1) is 33.4. The number of unbranched alkanes of at least 4 members (excludes halogenated alkanes) is 1. The molecule has 0 heterocycles. The van der Waals surface area contributed by atoms with Crippen molar-refractivity contribution >= 4 is 28.3 Å². The Morgan fingerprint density at radius 3 is 2.21 bits per heavy atom. The number of halogens is 3. The standard InChI is InChI=1S/C21H24F3NS2.C4H10.C2H6/c1-5-9-17(10-8-13-21(22,23)24)18-12-11-16(14-18)15-19(6-2)27-20(26)25(4)7-3;1-3-4-2;1-2/h5-6,8-12,15H,1-2,7,13-14H2,3-4H3;3-4H2,1-2H3;1-2H3/b10-8-,17-9+,19-15+;;. The Morgan fingerprint density at radius 2 is 1.76 bits per heavy atom. The van der Waals surface area contributed by atoms with Gasteiger partial charge in [-0.15, -0.1) is 0 Å². The number of hydrogen-bond acceptors (Lipinski definition) is 2. The fraction of sp³-hybridized carbons (Fsp3) is 0.444. The Bertz CT molecular complexity index is 752. The lowest BCUT2D eigenvalue weighted by atomic mass is 10.0. The van der Waals surface area contributed by atoms with E-state index in [1.807, 2.05) is 50.9 Å². The summed E-state index contributed by atoms with van der Waals surface area (Å²) in [7, 11) is 1.93. The molecule has 1 rings (SSSR count). The van der Waals surface area contributed by atoms with Gasteiger partial charge in [0.1, 0.15) is 4.32 Å². The molecule has 1 nitrogen and oxygen atoms in total. The summed E-state index contributed by atoms with van der Waals surface area (Å²) in [5.74, 6) is 0. The molecule has 0 saturated heterocycles. The smallest absolute Gasteiger partial charge is 0.361 e. The Hall–Kier alpha value is -1.79. The molecule has 0 atom stereocenters. The highest BCUT2D eigenvalue weighted by Crippen LogP contribution is 2.31. The highest BCUT2D eigenvalue weighted by Gasteiger charge is 2.24.